The standard InChI is InChI=1S/C10H13ClN2O3/c1-12-4-5-16-7-8-2-3-9(11)6-10(8)13(14)15/h2-3,6,12H,4-5,7H2,1H3. The molecule has 6 heteroatoms. The average molecular weight is 245 g/mol. The zero-order valence-corrected chi connectivity index (χ0v) is 9.66. The molecule has 0 spiro atoms. The third-order valence-electron chi connectivity index (χ3n) is 2.00. The van der Waals surface area contributed by atoms with Gasteiger partial charge in [0.2, 0.25) is 0 Å². The second-order valence-corrected chi connectivity index (χ2v) is 3.62. The highest BCUT2D eigenvalue weighted by atomic mass is 35.5. The lowest BCUT2D eigenvalue weighted by molar-refractivity contribution is -0.385. The molecule has 0 saturated heterocycles. The van der Waals surface area contributed by atoms with Crippen LogP contribution < -0.4 is 5.32 Å². The molecule has 1 aromatic carbocycles. The van der Waals surface area contributed by atoms with Crippen molar-refractivity contribution in [2.45, 2.75) is 6.61 Å². The van der Waals surface area contributed by atoms with Crippen LogP contribution in [0.5, 0.6) is 0 Å². The monoisotopic (exact) mass is 244 g/mol. The summed E-state index contributed by atoms with van der Waals surface area (Å²) in [6, 6.07) is 4.56. The molecule has 0 fully saturated rings. The Hall–Kier alpha value is -1.17. The Balaban J connectivity index is 2.67. The van der Waals surface area contributed by atoms with E-state index in [2.05, 4.69) is 5.32 Å². The number of hydrogen-bond donors (Lipinski definition) is 1. The Morgan fingerprint density at radius 2 is 2.31 bits per heavy atom. The van der Waals surface area contributed by atoms with Crippen molar-refractivity contribution in [1.29, 1.82) is 0 Å². The molecule has 0 bridgehead atoms. The summed E-state index contributed by atoms with van der Waals surface area (Å²) in [5.74, 6) is 0. The van der Waals surface area contributed by atoms with E-state index in [0.717, 1.165) is 0 Å². The molecule has 0 radical (unpaired) electrons. The molecule has 0 aliphatic heterocycles. The lowest BCUT2D eigenvalue weighted by atomic mass is 10.2. The summed E-state index contributed by atoms with van der Waals surface area (Å²) in [7, 11) is 1.81. The first kappa shape index (κ1) is 12.9. The first-order chi connectivity index (χ1) is 7.65. The highest BCUT2D eigenvalue weighted by molar-refractivity contribution is 6.30. The average Bonchev–Trinajstić information content (AvgIpc) is 2.26. The van der Waals surface area contributed by atoms with Gasteiger partial charge in [0.15, 0.2) is 0 Å². The number of nitrogens with zero attached hydrogens (tertiary/aromatic N) is 1. The molecule has 0 aliphatic rings. The van der Waals surface area contributed by atoms with E-state index in [-0.39, 0.29) is 12.3 Å². The van der Waals surface area contributed by atoms with Gasteiger partial charge in [-0.25, -0.2) is 0 Å². The third-order valence-corrected chi connectivity index (χ3v) is 2.23. The normalized spacial score (nSPS) is 10.4. The highest BCUT2D eigenvalue weighted by Crippen LogP contribution is 2.23. The van der Waals surface area contributed by atoms with Crippen LogP contribution in [-0.2, 0) is 11.3 Å². The van der Waals surface area contributed by atoms with E-state index in [0.29, 0.717) is 23.7 Å². The van der Waals surface area contributed by atoms with Gasteiger partial charge in [0, 0.05) is 17.6 Å². The van der Waals surface area contributed by atoms with Gasteiger partial charge in [-0.3, -0.25) is 10.1 Å². The van der Waals surface area contributed by atoms with E-state index in [1.165, 1.54) is 6.07 Å². The maximum atomic E-state index is 10.7. The largest absolute Gasteiger partial charge is 0.375 e. The number of rotatable bonds is 6. The van der Waals surface area contributed by atoms with Crippen LogP contribution in [-0.4, -0.2) is 25.1 Å². The van der Waals surface area contributed by atoms with E-state index in [1.54, 1.807) is 12.1 Å². The van der Waals surface area contributed by atoms with Crippen LogP contribution in [0.15, 0.2) is 18.2 Å². The van der Waals surface area contributed by atoms with Gasteiger partial charge in [0.1, 0.15) is 0 Å². The molecule has 0 atom stereocenters. The fourth-order valence-electron chi connectivity index (χ4n) is 1.19. The zero-order valence-electron chi connectivity index (χ0n) is 8.90. The number of hydrogen-bond acceptors (Lipinski definition) is 4. The SMILES string of the molecule is CNCCOCc1ccc(Cl)cc1[N+](=O)[O-]. The van der Waals surface area contributed by atoms with Crippen molar-refractivity contribution in [3.63, 3.8) is 0 Å². The Bertz CT molecular complexity index is 371. The predicted octanol–water partition coefficient (Wildman–Crippen LogP) is 1.98. The maximum Gasteiger partial charge on any atom is 0.276 e. The predicted molar refractivity (Wildman–Crippen MR) is 61.7 cm³/mol. The minimum Gasteiger partial charge on any atom is -0.375 e. The van der Waals surface area contributed by atoms with Gasteiger partial charge in [-0.2, -0.15) is 0 Å². The minimum atomic E-state index is -0.456. The summed E-state index contributed by atoms with van der Waals surface area (Å²) in [5, 5.41) is 14.0. The number of halogens is 1. The summed E-state index contributed by atoms with van der Waals surface area (Å²) in [6.07, 6.45) is 0. The highest BCUT2D eigenvalue weighted by Gasteiger charge is 2.13. The van der Waals surface area contributed by atoms with Crippen LogP contribution in [0.2, 0.25) is 5.02 Å². The number of ether oxygens (including phenoxy) is 1. The third kappa shape index (κ3) is 3.77. The van der Waals surface area contributed by atoms with Gasteiger partial charge in [-0.05, 0) is 19.2 Å². The molecule has 0 aliphatic carbocycles. The van der Waals surface area contributed by atoms with Crippen LogP contribution in [0.1, 0.15) is 5.56 Å². The van der Waals surface area contributed by atoms with Crippen LogP contribution in [0.3, 0.4) is 0 Å². The first-order valence-corrected chi connectivity index (χ1v) is 5.18. The molecule has 1 N–H and O–H groups in total. The zero-order chi connectivity index (χ0) is 12.0. The van der Waals surface area contributed by atoms with Crippen LogP contribution >= 0.6 is 11.6 Å². The number of likely N-dealkylation sites (N-methyl/N-ethyl adjacent to an activating group) is 1. The van der Waals surface area contributed by atoms with E-state index in [1.807, 2.05) is 7.05 Å². The van der Waals surface area contributed by atoms with Crippen molar-refractivity contribution in [2.75, 3.05) is 20.2 Å². The van der Waals surface area contributed by atoms with Gasteiger partial charge in [-0.1, -0.05) is 11.6 Å². The van der Waals surface area contributed by atoms with Gasteiger partial charge < -0.3 is 10.1 Å². The Labute approximate surface area is 98.5 Å². The van der Waals surface area contributed by atoms with Crippen molar-refractivity contribution in [1.82, 2.24) is 5.32 Å². The van der Waals surface area contributed by atoms with Crippen molar-refractivity contribution in [3.05, 3.63) is 38.9 Å². The van der Waals surface area contributed by atoms with E-state index >= 15 is 0 Å². The topological polar surface area (TPSA) is 64.4 Å². The summed E-state index contributed by atoms with van der Waals surface area (Å²) in [5.41, 5.74) is 0.530. The summed E-state index contributed by atoms with van der Waals surface area (Å²) >= 11 is 5.69. The van der Waals surface area contributed by atoms with Crippen molar-refractivity contribution in [3.8, 4) is 0 Å². The van der Waals surface area contributed by atoms with Gasteiger partial charge in [0.05, 0.1) is 23.7 Å². The number of benzene rings is 1. The lowest BCUT2D eigenvalue weighted by Crippen LogP contribution is -2.14. The first-order valence-electron chi connectivity index (χ1n) is 4.80. The van der Waals surface area contributed by atoms with E-state index in [4.69, 9.17) is 16.3 Å². The quantitative estimate of drug-likeness (QED) is 0.472. The van der Waals surface area contributed by atoms with Crippen LogP contribution in [0.25, 0.3) is 0 Å². The molecule has 1 aromatic rings. The molecule has 5 nitrogen and oxygen atoms in total. The smallest absolute Gasteiger partial charge is 0.276 e. The van der Waals surface area contributed by atoms with Crippen molar-refractivity contribution in [2.24, 2.45) is 0 Å². The molecule has 0 amide bonds. The van der Waals surface area contributed by atoms with Gasteiger partial charge in [0.25, 0.3) is 5.69 Å². The maximum absolute atomic E-state index is 10.7. The van der Waals surface area contributed by atoms with Crippen molar-refractivity contribution >= 4 is 17.3 Å². The minimum absolute atomic E-state index is 0.00282. The second-order valence-electron chi connectivity index (χ2n) is 3.19. The van der Waals surface area contributed by atoms with Crippen LogP contribution in [0, 0.1) is 10.1 Å². The van der Waals surface area contributed by atoms with Gasteiger partial charge >= 0.3 is 0 Å². The van der Waals surface area contributed by atoms with Gasteiger partial charge in [-0.15, -0.1) is 0 Å². The number of nitro groups is 1. The molecule has 0 heterocycles. The van der Waals surface area contributed by atoms with E-state index < -0.39 is 4.92 Å². The summed E-state index contributed by atoms with van der Waals surface area (Å²) in [4.78, 5) is 10.3. The molecule has 0 unspecified atom stereocenters. The molecular weight excluding hydrogens is 232 g/mol. The van der Waals surface area contributed by atoms with Crippen LogP contribution in [0.4, 0.5) is 5.69 Å². The molecule has 16 heavy (non-hydrogen) atoms. The second kappa shape index (κ2) is 6.42. The molecule has 0 saturated carbocycles. The fraction of sp³-hybridized carbons (Fsp3) is 0.400. The lowest BCUT2D eigenvalue weighted by Gasteiger charge is -2.05. The number of nitro benzene ring substituents is 1. The summed E-state index contributed by atoms with van der Waals surface area (Å²) in [6.45, 7) is 1.44. The molecule has 1 rings (SSSR count). The van der Waals surface area contributed by atoms with E-state index in [9.17, 15) is 10.1 Å². The molecule has 0 aromatic heterocycles. The number of nitrogens with one attached hydrogen (secondary N) is 1. The molecular formula is C10H13ClN2O3. The van der Waals surface area contributed by atoms with Crippen molar-refractivity contribution < 1.29 is 9.66 Å². The molecule has 88 valence electrons. The Morgan fingerprint density at radius 3 is 2.94 bits per heavy atom. The Morgan fingerprint density at radius 1 is 1.56 bits per heavy atom. The Kier molecular flexibility index (Phi) is 5.18. The fourth-order valence-corrected chi connectivity index (χ4v) is 1.35. The summed E-state index contributed by atoms with van der Waals surface area (Å²) < 4.78 is 5.28.